The Morgan fingerprint density at radius 1 is 1.33 bits per heavy atom. The minimum atomic E-state index is -3.40. The maximum Gasteiger partial charge on any atom is 0.215 e. The molecule has 112 valence electrons. The van der Waals surface area contributed by atoms with Gasteiger partial charge in [0.05, 0.1) is 18.5 Å². The van der Waals surface area contributed by atoms with E-state index in [-0.39, 0.29) is 17.3 Å². The van der Waals surface area contributed by atoms with E-state index in [1.54, 1.807) is 35.1 Å². The summed E-state index contributed by atoms with van der Waals surface area (Å²) in [7, 11) is -3.40. The molecule has 0 bridgehead atoms. The van der Waals surface area contributed by atoms with Crippen LogP contribution in [0.15, 0.2) is 36.7 Å². The first-order valence-corrected chi connectivity index (χ1v) is 8.22. The van der Waals surface area contributed by atoms with Crippen molar-refractivity contribution in [2.45, 2.75) is 12.3 Å². The molecule has 0 unspecified atom stereocenters. The van der Waals surface area contributed by atoms with Crippen LogP contribution < -0.4 is 10.5 Å². The quantitative estimate of drug-likeness (QED) is 0.696. The first-order valence-electron chi connectivity index (χ1n) is 6.16. The zero-order valence-corrected chi connectivity index (χ0v) is 12.8. The van der Waals surface area contributed by atoms with Crippen molar-refractivity contribution in [3.63, 3.8) is 0 Å². The Kier molecular flexibility index (Phi) is 4.99. The summed E-state index contributed by atoms with van der Waals surface area (Å²) in [5, 5.41) is 7.40. The minimum Gasteiger partial charge on any atom is -0.389 e. The van der Waals surface area contributed by atoms with Crippen molar-refractivity contribution in [3.8, 4) is 0 Å². The van der Waals surface area contributed by atoms with Crippen molar-refractivity contribution in [1.29, 1.82) is 0 Å². The highest BCUT2D eigenvalue weighted by atomic mass is 32.2. The third kappa shape index (κ3) is 4.88. The molecule has 3 N–H and O–H groups in total. The lowest BCUT2D eigenvalue weighted by molar-refractivity contribution is 0.552. The minimum absolute atomic E-state index is 0.0953. The standard InChI is InChI=1S/C12H15N5O2S2/c13-12(20)11-3-1-10(2-4-11)9-21(18,19)15-6-8-17-7-5-14-16-17/h1-5,7,15H,6,8-9H2,(H2,13,20). The van der Waals surface area contributed by atoms with Gasteiger partial charge in [-0.3, -0.25) is 4.68 Å². The van der Waals surface area contributed by atoms with E-state index in [1.807, 2.05) is 0 Å². The molecule has 0 amide bonds. The fraction of sp³-hybridized carbons (Fsp3) is 0.250. The molecule has 1 aromatic carbocycles. The third-order valence-electron chi connectivity index (χ3n) is 2.73. The van der Waals surface area contributed by atoms with E-state index < -0.39 is 10.0 Å². The second-order valence-corrected chi connectivity index (χ2v) is 6.63. The Hall–Kier alpha value is -1.84. The number of nitrogens with one attached hydrogen (secondary N) is 1. The van der Waals surface area contributed by atoms with Crippen molar-refractivity contribution in [3.05, 3.63) is 47.8 Å². The van der Waals surface area contributed by atoms with Crippen LogP contribution in [0.1, 0.15) is 11.1 Å². The predicted octanol–water partition coefficient (Wildman–Crippen LogP) is 0.0319. The molecule has 1 aromatic heterocycles. The zero-order chi connectivity index (χ0) is 15.3. The van der Waals surface area contributed by atoms with Crippen LogP contribution in [-0.4, -0.2) is 34.9 Å². The average molecular weight is 325 g/mol. The van der Waals surface area contributed by atoms with Gasteiger partial charge in [-0.15, -0.1) is 5.10 Å². The van der Waals surface area contributed by atoms with Crippen molar-refractivity contribution < 1.29 is 8.42 Å². The van der Waals surface area contributed by atoms with Crippen LogP contribution in [0.4, 0.5) is 0 Å². The summed E-state index contributed by atoms with van der Waals surface area (Å²) in [5.41, 5.74) is 6.87. The molecule has 2 rings (SSSR count). The Bertz CT molecular complexity index is 696. The molecule has 0 saturated carbocycles. The molecule has 0 atom stereocenters. The molecule has 0 radical (unpaired) electrons. The number of nitrogens with zero attached hydrogens (tertiary/aromatic N) is 3. The summed E-state index contributed by atoms with van der Waals surface area (Å²) in [6.07, 6.45) is 3.21. The van der Waals surface area contributed by atoms with Gasteiger partial charge < -0.3 is 5.73 Å². The van der Waals surface area contributed by atoms with E-state index in [4.69, 9.17) is 18.0 Å². The normalized spacial score (nSPS) is 11.4. The highest BCUT2D eigenvalue weighted by Crippen LogP contribution is 2.07. The number of thiocarbonyl (C=S) groups is 1. The molecule has 0 aliphatic rings. The lowest BCUT2D eigenvalue weighted by Crippen LogP contribution is -2.28. The molecule has 0 aliphatic carbocycles. The van der Waals surface area contributed by atoms with Gasteiger partial charge in [-0.1, -0.05) is 41.7 Å². The van der Waals surface area contributed by atoms with E-state index in [0.29, 0.717) is 17.7 Å². The van der Waals surface area contributed by atoms with Gasteiger partial charge in [0.1, 0.15) is 4.99 Å². The van der Waals surface area contributed by atoms with Crippen LogP contribution in [0.25, 0.3) is 0 Å². The summed E-state index contributed by atoms with van der Waals surface area (Å²) in [6, 6.07) is 6.82. The van der Waals surface area contributed by atoms with Gasteiger partial charge in [0.15, 0.2) is 0 Å². The molecule has 2 aromatic rings. The molecule has 0 saturated heterocycles. The zero-order valence-electron chi connectivity index (χ0n) is 11.1. The number of benzene rings is 1. The fourth-order valence-electron chi connectivity index (χ4n) is 1.70. The first kappa shape index (κ1) is 15.5. The molecule has 1 heterocycles. The lowest BCUT2D eigenvalue weighted by atomic mass is 10.1. The van der Waals surface area contributed by atoms with Crippen LogP contribution in [0.3, 0.4) is 0 Å². The molecular weight excluding hydrogens is 310 g/mol. The van der Waals surface area contributed by atoms with E-state index in [9.17, 15) is 8.42 Å². The fourth-order valence-corrected chi connectivity index (χ4v) is 2.98. The van der Waals surface area contributed by atoms with Gasteiger partial charge >= 0.3 is 0 Å². The summed E-state index contributed by atoms with van der Waals surface area (Å²) in [6.45, 7) is 0.691. The number of rotatable bonds is 7. The van der Waals surface area contributed by atoms with E-state index in [1.165, 1.54) is 6.20 Å². The van der Waals surface area contributed by atoms with Crippen molar-refractivity contribution in [2.24, 2.45) is 5.73 Å². The first-order chi connectivity index (χ1) is 9.96. The Morgan fingerprint density at radius 2 is 2.05 bits per heavy atom. The monoisotopic (exact) mass is 325 g/mol. The molecule has 0 spiro atoms. The second kappa shape index (κ2) is 6.74. The molecule has 9 heteroatoms. The van der Waals surface area contributed by atoms with Gasteiger partial charge in [0.25, 0.3) is 0 Å². The van der Waals surface area contributed by atoms with Gasteiger partial charge in [-0.25, -0.2) is 13.1 Å². The van der Waals surface area contributed by atoms with Gasteiger partial charge in [-0.2, -0.15) is 0 Å². The third-order valence-corrected chi connectivity index (χ3v) is 4.32. The van der Waals surface area contributed by atoms with E-state index in [2.05, 4.69) is 15.0 Å². The van der Waals surface area contributed by atoms with Crippen molar-refractivity contribution in [1.82, 2.24) is 19.7 Å². The molecule has 7 nitrogen and oxygen atoms in total. The molecule has 21 heavy (non-hydrogen) atoms. The summed E-state index contributed by atoms with van der Waals surface area (Å²) >= 11 is 4.85. The maximum atomic E-state index is 11.9. The molecular formula is C12H15N5O2S2. The lowest BCUT2D eigenvalue weighted by Gasteiger charge is -2.07. The van der Waals surface area contributed by atoms with Gasteiger partial charge in [-0.05, 0) is 5.56 Å². The summed E-state index contributed by atoms with van der Waals surface area (Å²) in [5.74, 6) is -0.0953. The van der Waals surface area contributed by atoms with E-state index >= 15 is 0 Å². The number of aromatic nitrogens is 3. The Morgan fingerprint density at radius 3 is 2.62 bits per heavy atom. The SMILES string of the molecule is NC(=S)c1ccc(CS(=O)(=O)NCCn2ccnn2)cc1. The Labute approximate surface area is 128 Å². The average Bonchev–Trinajstić information content (AvgIpc) is 2.91. The van der Waals surface area contributed by atoms with Crippen LogP contribution in [0, 0.1) is 0 Å². The van der Waals surface area contributed by atoms with Gasteiger partial charge in [0, 0.05) is 18.3 Å². The summed E-state index contributed by atoms with van der Waals surface area (Å²) in [4.78, 5) is 0.287. The van der Waals surface area contributed by atoms with E-state index in [0.717, 1.165) is 0 Å². The van der Waals surface area contributed by atoms with Crippen molar-refractivity contribution in [2.75, 3.05) is 6.54 Å². The highest BCUT2D eigenvalue weighted by molar-refractivity contribution is 7.88. The highest BCUT2D eigenvalue weighted by Gasteiger charge is 2.11. The second-order valence-electron chi connectivity index (χ2n) is 4.38. The Balaban J connectivity index is 1.89. The number of nitrogens with two attached hydrogens (primary N) is 1. The van der Waals surface area contributed by atoms with Gasteiger partial charge in [0.2, 0.25) is 10.0 Å². The van der Waals surface area contributed by atoms with Crippen LogP contribution in [-0.2, 0) is 22.3 Å². The van der Waals surface area contributed by atoms with Crippen LogP contribution in [0.2, 0.25) is 0 Å². The molecule has 0 fully saturated rings. The summed E-state index contributed by atoms with van der Waals surface area (Å²) < 4.78 is 28.0. The smallest absolute Gasteiger partial charge is 0.215 e. The topological polar surface area (TPSA) is 103 Å². The largest absolute Gasteiger partial charge is 0.389 e. The predicted molar refractivity (Wildman–Crippen MR) is 83.0 cm³/mol. The molecule has 0 aliphatic heterocycles. The maximum absolute atomic E-state index is 11.9. The van der Waals surface area contributed by atoms with Crippen LogP contribution in [0.5, 0.6) is 0 Å². The number of hydrogen-bond acceptors (Lipinski definition) is 5. The van der Waals surface area contributed by atoms with Crippen LogP contribution >= 0.6 is 12.2 Å². The van der Waals surface area contributed by atoms with Crippen molar-refractivity contribution >= 4 is 27.2 Å². The number of sulfonamides is 1. The number of hydrogen-bond donors (Lipinski definition) is 2.